The summed E-state index contributed by atoms with van der Waals surface area (Å²) in [5.74, 6) is 0. The second-order valence-corrected chi connectivity index (χ2v) is 7.72. The molecule has 0 amide bonds. The molecule has 4 rings (SSSR count). The summed E-state index contributed by atoms with van der Waals surface area (Å²) in [6, 6.07) is 9.76. The Morgan fingerprint density at radius 1 is 1.04 bits per heavy atom. The Bertz CT molecular complexity index is 938. The van der Waals surface area contributed by atoms with Crippen LogP contribution in [-0.4, -0.2) is 33.5 Å². The molecule has 1 saturated heterocycles. The first-order valence-electron chi connectivity index (χ1n) is 8.22. The lowest BCUT2D eigenvalue weighted by atomic mass is 9.78. The predicted octanol–water partition coefficient (Wildman–Crippen LogP) is 3.58. The lowest BCUT2D eigenvalue weighted by molar-refractivity contribution is 0.00578. The van der Waals surface area contributed by atoms with Crippen molar-refractivity contribution in [1.29, 1.82) is 0 Å². The number of pyridine rings is 1. The summed E-state index contributed by atoms with van der Waals surface area (Å²) in [5.41, 5.74) is 2.92. The number of nitrogens with one attached hydrogen (secondary N) is 1. The van der Waals surface area contributed by atoms with Crippen LogP contribution < -0.4 is 5.46 Å². The van der Waals surface area contributed by atoms with Gasteiger partial charge in [-0.3, -0.25) is 5.10 Å². The first-order valence-corrected chi connectivity index (χ1v) is 8.60. The van der Waals surface area contributed by atoms with Gasteiger partial charge >= 0.3 is 7.12 Å². The Labute approximate surface area is 151 Å². The maximum absolute atomic E-state index is 6.16. The van der Waals surface area contributed by atoms with Gasteiger partial charge in [-0.15, -0.1) is 0 Å². The second-order valence-electron chi connectivity index (χ2n) is 7.33. The highest BCUT2D eigenvalue weighted by molar-refractivity contribution is 6.62. The molecule has 1 N–H and O–H groups in total. The molecule has 2 aromatic heterocycles. The van der Waals surface area contributed by atoms with Gasteiger partial charge in [-0.1, -0.05) is 23.7 Å². The zero-order valence-corrected chi connectivity index (χ0v) is 15.4. The van der Waals surface area contributed by atoms with Crippen LogP contribution in [0, 0.1) is 0 Å². The van der Waals surface area contributed by atoms with E-state index in [2.05, 4.69) is 21.2 Å². The predicted molar refractivity (Wildman–Crippen MR) is 100 cm³/mol. The number of rotatable bonds is 2. The fraction of sp³-hybridized carbons (Fsp3) is 0.333. The Kier molecular flexibility index (Phi) is 3.69. The molecule has 25 heavy (non-hydrogen) atoms. The van der Waals surface area contributed by atoms with Crippen LogP contribution in [0.3, 0.4) is 0 Å². The molecule has 1 fully saturated rings. The molecule has 3 aromatic rings. The maximum Gasteiger partial charge on any atom is 0.494 e. The van der Waals surface area contributed by atoms with Crippen LogP contribution in [0.15, 0.2) is 36.5 Å². The van der Waals surface area contributed by atoms with Crippen molar-refractivity contribution in [3.63, 3.8) is 0 Å². The number of H-pyrrole nitrogens is 1. The molecular weight excluding hydrogens is 336 g/mol. The van der Waals surface area contributed by atoms with Gasteiger partial charge in [-0.05, 0) is 51.4 Å². The monoisotopic (exact) mass is 355 g/mol. The first-order chi connectivity index (χ1) is 11.8. The molecule has 0 radical (unpaired) electrons. The third-order valence-corrected chi connectivity index (χ3v) is 5.32. The van der Waals surface area contributed by atoms with Gasteiger partial charge in [0, 0.05) is 17.1 Å². The van der Waals surface area contributed by atoms with Gasteiger partial charge < -0.3 is 9.31 Å². The number of nitrogens with zero attached hydrogens (tertiary/aromatic N) is 2. The van der Waals surface area contributed by atoms with Gasteiger partial charge in [0.1, 0.15) is 10.8 Å². The van der Waals surface area contributed by atoms with Crippen LogP contribution in [0.2, 0.25) is 5.15 Å². The average Bonchev–Trinajstić information content (AvgIpc) is 3.05. The normalized spacial score (nSPS) is 18.8. The van der Waals surface area contributed by atoms with E-state index in [-0.39, 0.29) is 11.2 Å². The Morgan fingerprint density at radius 3 is 2.44 bits per heavy atom. The number of aromatic nitrogens is 3. The molecule has 0 spiro atoms. The molecule has 3 heterocycles. The Balaban J connectivity index is 1.77. The number of aromatic amines is 1. The molecule has 0 aliphatic carbocycles. The molecule has 0 bridgehead atoms. The third-order valence-electron chi connectivity index (χ3n) is 5.11. The molecule has 1 aromatic carbocycles. The van der Waals surface area contributed by atoms with Crippen LogP contribution in [0.4, 0.5) is 0 Å². The van der Waals surface area contributed by atoms with E-state index in [1.54, 1.807) is 12.3 Å². The smallest absolute Gasteiger partial charge is 0.399 e. The van der Waals surface area contributed by atoms with E-state index in [0.29, 0.717) is 5.15 Å². The molecule has 7 heteroatoms. The number of benzene rings is 1. The zero-order chi connectivity index (χ0) is 17.8. The number of hydrogen-bond acceptors (Lipinski definition) is 4. The SMILES string of the molecule is CC1(C)OB(c2ccc3[nH]nc(-c4ccnc(Cl)c4)c3c2)OC1(C)C. The van der Waals surface area contributed by atoms with Crippen LogP contribution in [0.1, 0.15) is 27.7 Å². The second kappa shape index (κ2) is 5.56. The van der Waals surface area contributed by atoms with Crippen molar-refractivity contribution >= 4 is 35.1 Å². The van der Waals surface area contributed by atoms with Crippen LogP contribution in [0.5, 0.6) is 0 Å². The molecule has 5 nitrogen and oxygen atoms in total. The summed E-state index contributed by atoms with van der Waals surface area (Å²) in [6.45, 7) is 8.20. The van der Waals surface area contributed by atoms with Crippen molar-refractivity contribution in [3.05, 3.63) is 41.7 Å². The Hall–Kier alpha value is -1.89. The molecule has 0 saturated carbocycles. The van der Waals surface area contributed by atoms with Gasteiger partial charge in [0.05, 0.1) is 16.7 Å². The summed E-state index contributed by atoms with van der Waals surface area (Å²) in [7, 11) is -0.404. The standard InChI is InChI=1S/C18H19BClN3O2/c1-17(2)18(3,4)25-19(24-17)12-5-6-14-13(10-12)16(23-22-14)11-7-8-21-15(20)9-11/h5-10H,1-4H3,(H,22,23). The van der Waals surface area contributed by atoms with E-state index in [1.807, 2.05) is 45.9 Å². The van der Waals surface area contributed by atoms with Gasteiger partial charge in [0.15, 0.2) is 0 Å². The van der Waals surface area contributed by atoms with Crippen molar-refractivity contribution in [2.75, 3.05) is 0 Å². The highest BCUT2D eigenvalue weighted by Gasteiger charge is 2.51. The highest BCUT2D eigenvalue weighted by atomic mass is 35.5. The van der Waals surface area contributed by atoms with Gasteiger partial charge in [-0.2, -0.15) is 5.10 Å². The summed E-state index contributed by atoms with van der Waals surface area (Å²) >= 11 is 6.02. The van der Waals surface area contributed by atoms with E-state index < -0.39 is 7.12 Å². The fourth-order valence-electron chi connectivity index (χ4n) is 2.93. The lowest BCUT2D eigenvalue weighted by Gasteiger charge is -2.32. The summed E-state index contributed by atoms with van der Waals surface area (Å²) < 4.78 is 12.3. The molecular formula is C18H19BClN3O2. The van der Waals surface area contributed by atoms with E-state index in [4.69, 9.17) is 20.9 Å². The van der Waals surface area contributed by atoms with Gasteiger partial charge in [0.25, 0.3) is 0 Å². The minimum absolute atomic E-state index is 0.371. The van der Waals surface area contributed by atoms with E-state index in [0.717, 1.165) is 27.6 Å². The van der Waals surface area contributed by atoms with Crippen molar-refractivity contribution in [1.82, 2.24) is 15.2 Å². The number of halogens is 1. The highest BCUT2D eigenvalue weighted by Crippen LogP contribution is 2.37. The van der Waals surface area contributed by atoms with Crippen molar-refractivity contribution in [2.24, 2.45) is 0 Å². The van der Waals surface area contributed by atoms with Crippen LogP contribution in [-0.2, 0) is 9.31 Å². The van der Waals surface area contributed by atoms with Crippen molar-refractivity contribution < 1.29 is 9.31 Å². The Morgan fingerprint density at radius 2 is 1.76 bits per heavy atom. The minimum Gasteiger partial charge on any atom is -0.399 e. The number of hydrogen-bond donors (Lipinski definition) is 1. The average molecular weight is 356 g/mol. The largest absolute Gasteiger partial charge is 0.494 e. The molecule has 0 atom stereocenters. The van der Waals surface area contributed by atoms with Crippen molar-refractivity contribution in [2.45, 2.75) is 38.9 Å². The molecule has 0 unspecified atom stereocenters. The minimum atomic E-state index is -0.404. The topological polar surface area (TPSA) is 60.0 Å². The molecule has 1 aliphatic rings. The zero-order valence-electron chi connectivity index (χ0n) is 14.6. The lowest BCUT2D eigenvalue weighted by Crippen LogP contribution is -2.41. The van der Waals surface area contributed by atoms with E-state index in [9.17, 15) is 0 Å². The van der Waals surface area contributed by atoms with Gasteiger partial charge in [0.2, 0.25) is 0 Å². The van der Waals surface area contributed by atoms with Crippen LogP contribution >= 0.6 is 11.6 Å². The summed E-state index contributed by atoms with van der Waals surface area (Å²) in [5, 5.41) is 8.94. The summed E-state index contributed by atoms with van der Waals surface area (Å²) in [4.78, 5) is 4.03. The van der Waals surface area contributed by atoms with E-state index in [1.165, 1.54) is 0 Å². The number of fused-ring (bicyclic) bond motifs is 1. The molecule has 1 aliphatic heterocycles. The quantitative estimate of drug-likeness (QED) is 0.564. The van der Waals surface area contributed by atoms with Crippen LogP contribution in [0.25, 0.3) is 22.2 Å². The first kappa shape index (κ1) is 16.6. The van der Waals surface area contributed by atoms with Crippen molar-refractivity contribution in [3.8, 4) is 11.3 Å². The maximum atomic E-state index is 6.16. The summed E-state index contributed by atoms with van der Waals surface area (Å²) in [6.07, 6.45) is 1.68. The van der Waals surface area contributed by atoms with E-state index >= 15 is 0 Å². The third kappa shape index (κ3) is 2.74. The fourth-order valence-corrected chi connectivity index (χ4v) is 3.10. The molecule has 128 valence electrons. The van der Waals surface area contributed by atoms with Gasteiger partial charge in [-0.25, -0.2) is 4.98 Å².